The number of hydrogen-bond acceptors (Lipinski definition) is 3. The van der Waals surface area contributed by atoms with Crippen LogP contribution in [0.3, 0.4) is 0 Å². The van der Waals surface area contributed by atoms with Crippen LogP contribution in [0, 0.1) is 0 Å². The van der Waals surface area contributed by atoms with Crippen molar-refractivity contribution in [3.63, 3.8) is 0 Å². The number of halogens is 2. The molecule has 1 aromatic rings. The summed E-state index contributed by atoms with van der Waals surface area (Å²) in [5, 5.41) is 11.7. The number of carbonyl (C=O) groups is 2. The second kappa shape index (κ2) is 6.69. The zero-order chi connectivity index (χ0) is 15.5. The summed E-state index contributed by atoms with van der Waals surface area (Å²) in [6.07, 6.45) is 0. The Hall–Kier alpha value is -0.920. The summed E-state index contributed by atoms with van der Waals surface area (Å²) >= 11 is 6.44. The summed E-state index contributed by atoms with van der Waals surface area (Å²) in [6.45, 7) is 5.35. The Labute approximate surface area is 134 Å². The average molecular weight is 409 g/mol. The van der Waals surface area contributed by atoms with E-state index in [4.69, 9.17) is 9.84 Å². The summed E-state index contributed by atoms with van der Waals surface area (Å²) in [5.74, 6) is -1.54. The maximum atomic E-state index is 11.8. The van der Waals surface area contributed by atoms with Crippen molar-refractivity contribution in [2.75, 3.05) is 11.9 Å². The standard InChI is InChI=1S/C13H15Br2NO4/c1-13(2,3)20-6-10(17)16-11-8(12(18)19)4-7(14)5-9(11)15/h4-5H,6H2,1-3H3,(H,16,17)(H,18,19). The molecule has 0 aliphatic carbocycles. The highest BCUT2D eigenvalue weighted by Crippen LogP contribution is 2.30. The van der Waals surface area contributed by atoms with Gasteiger partial charge in [-0.2, -0.15) is 0 Å². The first-order valence-electron chi connectivity index (χ1n) is 5.76. The van der Waals surface area contributed by atoms with E-state index in [-0.39, 0.29) is 17.9 Å². The molecule has 0 aliphatic heterocycles. The molecule has 1 aromatic carbocycles. The molecule has 0 saturated heterocycles. The number of rotatable bonds is 4. The largest absolute Gasteiger partial charge is 0.478 e. The van der Waals surface area contributed by atoms with Crippen LogP contribution in [0.4, 0.5) is 5.69 Å². The first kappa shape index (κ1) is 17.1. The molecule has 0 radical (unpaired) electrons. The van der Waals surface area contributed by atoms with Crippen molar-refractivity contribution in [3.8, 4) is 0 Å². The lowest BCUT2D eigenvalue weighted by Crippen LogP contribution is -2.27. The molecule has 0 spiro atoms. The maximum Gasteiger partial charge on any atom is 0.337 e. The number of anilines is 1. The summed E-state index contributed by atoms with van der Waals surface area (Å²) in [5.41, 5.74) is -0.234. The van der Waals surface area contributed by atoms with Crippen LogP contribution in [0.1, 0.15) is 31.1 Å². The van der Waals surface area contributed by atoms with Crippen molar-refractivity contribution >= 4 is 49.4 Å². The van der Waals surface area contributed by atoms with Crippen LogP contribution >= 0.6 is 31.9 Å². The third-order valence-electron chi connectivity index (χ3n) is 2.19. The van der Waals surface area contributed by atoms with Gasteiger partial charge in [-0.05, 0) is 48.8 Å². The van der Waals surface area contributed by atoms with Gasteiger partial charge in [-0.15, -0.1) is 0 Å². The number of ether oxygens (including phenoxy) is 1. The van der Waals surface area contributed by atoms with E-state index in [1.54, 1.807) is 6.07 Å². The van der Waals surface area contributed by atoms with Crippen molar-refractivity contribution in [2.24, 2.45) is 0 Å². The van der Waals surface area contributed by atoms with Gasteiger partial charge in [0.15, 0.2) is 0 Å². The fraction of sp³-hybridized carbons (Fsp3) is 0.385. The van der Waals surface area contributed by atoms with Gasteiger partial charge in [0.25, 0.3) is 0 Å². The van der Waals surface area contributed by atoms with Crippen molar-refractivity contribution in [3.05, 3.63) is 26.6 Å². The van der Waals surface area contributed by atoms with E-state index in [0.29, 0.717) is 8.95 Å². The molecule has 20 heavy (non-hydrogen) atoms. The highest BCUT2D eigenvalue weighted by Gasteiger charge is 2.18. The van der Waals surface area contributed by atoms with Crippen molar-refractivity contribution in [2.45, 2.75) is 26.4 Å². The predicted molar refractivity (Wildman–Crippen MR) is 83.1 cm³/mol. The molecule has 0 saturated carbocycles. The SMILES string of the molecule is CC(C)(C)OCC(=O)Nc1c(Br)cc(Br)cc1C(=O)O. The number of carboxylic acid groups (broad SMARTS) is 1. The predicted octanol–water partition coefficient (Wildman–Crippen LogP) is 3.66. The smallest absolute Gasteiger partial charge is 0.337 e. The Morgan fingerprint density at radius 3 is 2.40 bits per heavy atom. The summed E-state index contributed by atoms with van der Waals surface area (Å²) < 4.78 is 6.43. The van der Waals surface area contributed by atoms with Crippen LogP contribution in [0.25, 0.3) is 0 Å². The maximum absolute atomic E-state index is 11.8. The fourth-order valence-electron chi connectivity index (χ4n) is 1.33. The van der Waals surface area contributed by atoms with Gasteiger partial charge in [0.1, 0.15) is 6.61 Å². The third kappa shape index (κ3) is 5.22. The van der Waals surface area contributed by atoms with Gasteiger partial charge in [-0.3, -0.25) is 4.79 Å². The molecule has 1 rings (SSSR count). The quantitative estimate of drug-likeness (QED) is 0.796. The van der Waals surface area contributed by atoms with Gasteiger partial charge >= 0.3 is 5.97 Å². The molecule has 7 heteroatoms. The molecule has 5 nitrogen and oxygen atoms in total. The van der Waals surface area contributed by atoms with Gasteiger partial charge in [-0.25, -0.2) is 4.79 Å². The monoisotopic (exact) mass is 407 g/mol. The molecule has 0 atom stereocenters. The first-order valence-corrected chi connectivity index (χ1v) is 7.35. The molecule has 0 aliphatic rings. The number of benzene rings is 1. The van der Waals surface area contributed by atoms with Gasteiger partial charge in [0, 0.05) is 8.95 Å². The Bertz CT molecular complexity index is 538. The molecule has 0 aromatic heterocycles. The molecule has 0 heterocycles. The van der Waals surface area contributed by atoms with E-state index in [1.165, 1.54) is 6.07 Å². The normalized spacial score (nSPS) is 11.2. The Morgan fingerprint density at radius 2 is 1.90 bits per heavy atom. The zero-order valence-electron chi connectivity index (χ0n) is 11.3. The minimum atomic E-state index is -1.13. The van der Waals surface area contributed by atoms with Crippen LogP contribution in [0.2, 0.25) is 0 Å². The number of carboxylic acids is 1. The summed E-state index contributed by atoms with van der Waals surface area (Å²) in [7, 11) is 0. The Balaban J connectivity index is 2.92. The minimum absolute atomic E-state index is 0.00430. The third-order valence-corrected chi connectivity index (χ3v) is 3.27. The first-order chi connectivity index (χ1) is 9.10. The molecular weight excluding hydrogens is 394 g/mol. The highest BCUT2D eigenvalue weighted by molar-refractivity contribution is 9.11. The molecule has 110 valence electrons. The molecular formula is C13H15Br2NO4. The van der Waals surface area contributed by atoms with Crippen LogP contribution in [0.15, 0.2) is 21.1 Å². The number of carbonyl (C=O) groups excluding carboxylic acids is 1. The summed E-state index contributed by atoms with van der Waals surface area (Å²) in [4.78, 5) is 23.0. The van der Waals surface area contributed by atoms with Gasteiger partial charge in [0.2, 0.25) is 5.91 Å². The average Bonchev–Trinajstić information content (AvgIpc) is 2.28. The van der Waals surface area contributed by atoms with E-state index in [2.05, 4.69) is 37.2 Å². The number of nitrogens with one attached hydrogen (secondary N) is 1. The van der Waals surface area contributed by atoms with Crippen LogP contribution in [0.5, 0.6) is 0 Å². The fourth-order valence-corrected chi connectivity index (χ4v) is 2.65. The molecule has 2 N–H and O–H groups in total. The topological polar surface area (TPSA) is 75.6 Å². The lowest BCUT2D eigenvalue weighted by Gasteiger charge is -2.19. The highest BCUT2D eigenvalue weighted by atomic mass is 79.9. The van der Waals surface area contributed by atoms with Crippen LogP contribution < -0.4 is 5.32 Å². The van der Waals surface area contributed by atoms with Crippen LogP contribution in [-0.2, 0) is 9.53 Å². The Morgan fingerprint density at radius 1 is 1.30 bits per heavy atom. The van der Waals surface area contributed by atoms with Crippen molar-refractivity contribution in [1.29, 1.82) is 0 Å². The van der Waals surface area contributed by atoms with Crippen molar-refractivity contribution < 1.29 is 19.4 Å². The number of amides is 1. The van der Waals surface area contributed by atoms with Gasteiger partial charge in [0.05, 0.1) is 16.9 Å². The number of aromatic carboxylic acids is 1. The lowest BCUT2D eigenvalue weighted by atomic mass is 10.2. The minimum Gasteiger partial charge on any atom is -0.478 e. The molecule has 0 unspecified atom stereocenters. The van der Waals surface area contributed by atoms with Crippen LogP contribution in [-0.4, -0.2) is 29.2 Å². The second-order valence-electron chi connectivity index (χ2n) is 5.06. The number of hydrogen-bond donors (Lipinski definition) is 2. The molecule has 0 fully saturated rings. The van der Waals surface area contributed by atoms with Crippen molar-refractivity contribution in [1.82, 2.24) is 0 Å². The van der Waals surface area contributed by atoms with Gasteiger partial charge in [-0.1, -0.05) is 15.9 Å². The zero-order valence-corrected chi connectivity index (χ0v) is 14.5. The van der Waals surface area contributed by atoms with E-state index < -0.39 is 17.5 Å². The van der Waals surface area contributed by atoms with Gasteiger partial charge < -0.3 is 15.2 Å². The lowest BCUT2D eigenvalue weighted by molar-refractivity contribution is -0.125. The molecule has 1 amide bonds. The molecule has 0 bridgehead atoms. The van der Waals surface area contributed by atoms with E-state index in [9.17, 15) is 9.59 Å². The van der Waals surface area contributed by atoms with E-state index in [0.717, 1.165) is 0 Å². The summed E-state index contributed by atoms with van der Waals surface area (Å²) in [6, 6.07) is 3.08. The van der Waals surface area contributed by atoms with E-state index in [1.807, 2.05) is 20.8 Å². The van der Waals surface area contributed by atoms with E-state index >= 15 is 0 Å². The second-order valence-corrected chi connectivity index (χ2v) is 6.83. The Kier molecular flexibility index (Phi) is 5.73.